The molecular weight excluding hydrogens is 292 g/mol. The van der Waals surface area contributed by atoms with Gasteiger partial charge in [0.05, 0.1) is 13.5 Å². The standard InChI is InChI=1S/C15H19ClN2O3/c1-21-15(20)5-3-2-4-12(17)10-6-9-7-14(19)18-13(9)8-11(10)16/h6,8,12H,2-5,7,17H2,1H3,(H,18,19). The summed E-state index contributed by atoms with van der Waals surface area (Å²) in [6.07, 6.45) is 3.06. The van der Waals surface area contributed by atoms with E-state index in [0.29, 0.717) is 17.9 Å². The van der Waals surface area contributed by atoms with Crippen LogP contribution in [0, 0.1) is 0 Å². The average molecular weight is 311 g/mol. The normalized spacial score (nSPS) is 14.5. The van der Waals surface area contributed by atoms with Crippen molar-refractivity contribution >= 4 is 29.2 Å². The summed E-state index contributed by atoms with van der Waals surface area (Å²) in [6.45, 7) is 0. The van der Waals surface area contributed by atoms with Gasteiger partial charge in [-0.3, -0.25) is 9.59 Å². The number of carbonyl (C=O) groups is 2. The summed E-state index contributed by atoms with van der Waals surface area (Å²) in [6, 6.07) is 3.46. The first-order chi connectivity index (χ1) is 10.0. The summed E-state index contributed by atoms with van der Waals surface area (Å²) in [4.78, 5) is 22.4. The zero-order chi connectivity index (χ0) is 15.4. The van der Waals surface area contributed by atoms with Crippen LogP contribution in [0.5, 0.6) is 0 Å². The van der Waals surface area contributed by atoms with Crippen LogP contribution in [-0.4, -0.2) is 19.0 Å². The van der Waals surface area contributed by atoms with Gasteiger partial charge >= 0.3 is 5.97 Å². The first-order valence-electron chi connectivity index (χ1n) is 6.96. The first-order valence-corrected chi connectivity index (χ1v) is 7.33. The highest BCUT2D eigenvalue weighted by Crippen LogP contribution is 2.33. The Bertz CT molecular complexity index is 560. The smallest absolute Gasteiger partial charge is 0.305 e. The van der Waals surface area contributed by atoms with E-state index < -0.39 is 0 Å². The number of methoxy groups -OCH3 is 1. The molecule has 3 N–H and O–H groups in total. The van der Waals surface area contributed by atoms with Gasteiger partial charge in [0.2, 0.25) is 5.91 Å². The lowest BCUT2D eigenvalue weighted by Crippen LogP contribution is -2.11. The summed E-state index contributed by atoms with van der Waals surface area (Å²) in [5.74, 6) is -0.228. The van der Waals surface area contributed by atoms with Crippen LogP contribution in [0.25, 0.3) is 0 Å². The second-order valence-corrected chi connectivity index (χ2v) is 5.59. The van der Waals surface area contributed by atoms with Crippen molar-refractivity contribution in [2.24, 2.45) is 5.73 Å². The minimum atomic E-state index is -0.205. The van der Waals surface area contributed by atoms with E-state index in [0.717, 1.165) is 36.1 Å². The molecule has 0 aliphatic carbocycles. The summed E-state index contributed by atoms with van der Waals surface area (Å²) in [5, 5.41) is 3.33. The van der Waals surface area contributed by atoms with Gasteiger partial charge in [-0.15, -0.1) is 0 Å². The molecule has 0 fully saturated rings. The van der Waals surface area contributed by atoms with Gasteiger partial charge in [-0.2, -0.15) is 0 Å². The van der Waals surface area contributed by atoms with E-state index in [1.165, 1.54) is 7.11 Å². The number of esters is 1. The van der Waals surface area contributed by atoms with Crippen LogP contribution in [0.2, 0.25) is 5.02 Å². The van der Waals surface area contributed by atoms with Crippen LogP contribution in [0.4, 0.5) is 5.69 Å². The molecule has 2 rings (SSSR count). The number of halogens is 1. The number of benzene rings is 1. The minimum Gasteiger partial charge on any atom is -0.469 e. The molecule has 0 radical (unpaired) electrons. The Balaban J connectivity index is 1.94. The Morgan fingerprint density at radius 1 is 1.48 bits per heavy atom. The van der Waals surface area contributed by atoms with Crippen molar-refractivity contribution in [3.8, 4) is 0 Å². The maximum Gasteiger partial charge on any atom is 0.305 e. The minimum absolute atomic E-state index is 0.0233. The van der Waals surface area contributed by atoms with Crippen molar-refractivity contribution in [1.29, 1.82) is 0 Å². The van der Waals surface area contributed by atoms with E-state index in [1.54, 1.807) is 6.07 Å². The fourth-order valence-electron chi connectivity index (χ4n) is 2.44. The lowest BCUT2D eigenvalue weighted by Gasteiger charge is -2.15. The van der Waals surface area contributed by atoms with Crippen molar-refractivity contribution in [1.82, 2.24) is 0 Å². The molecular formula is C15H19ClN2O3. The molecule has 21 heavy (non-hydrogen) atoms. The number of anilines is 1. The van der Waals surface area contributed by atoms with E-state index in [9.17, 15) is 9.59 Å². The van der Waals surface area contributed by atoms with E-state index >= 15 is 0 Å². The second-order valence-electron chi connectivity index (χ2n) is 5.18. The monoisotopic (exact) mass is 310 g/mol. The van der Waals surface area contributed by atoms with Gasteiger partial charge in [-0.05, 0) is 30.0 Å². The molecule has 0 bridgehead atoms. The number of fused-ring (bicyclic) bond motifs is 1. The molecule has 1 aliphatic heterocycles. The quantitative estimate of drug-likeness (QED) is 0.625. The Labute approximate surface area is 128 Å². The Hall–Kier alpha value is -1.59. The predicted molar refractivity (Wildman–Crippen MR) is 81.2 cm³/mol. The van der Waals surface area contributed by atoms with Crippen molar-refractivity contribution in [3.05, 3.63) is 28.3 Å². The van der Waals surface area contributed by atoms with Crippen molar-refractivity contribution < 1.29 is 14.3 Å². The largest absolute Gasteiger partial charge is 0.469 e. The number of rotatable bonds is 6. The van der Waals surface area contributed by atoms with Gasteiger partial charge in [0.1, 0.15) is 0 Å². The van der Waals surface area contributed by atoms with Gasteiger partial charge in [-0.25, -0.2) is 0 Å². The van der Waals surface area contributed by atoms with Crippen LogP contribution in [0.15, 0.2) is 12.1 Å². The number of nitrogens with two attached hydrogens (primary N) is 1. The van der Waals surface area contributed by atoms with Crippen molar-refractivity contribution in [2.45, 2.75) is 38.1 Å². The van der Waals surface area contributed by atoms with E-state index in [2.05, 4.69) is 10.1 Å². The maximum atomic E-state index is 11.4. The van der Waals surface area contributed by atoms with E-state index in [-0.39, 0.29) is 17.9 Å². The lowest BCUT2D eigenvalue weighted by atomic mass is 9.98. The summed E-state index contributed by atoms with van der Waals surface area (Å²) in [7, 11) is 1.38. The summed E-state index contributed by atoms with van der Waals surface area (Å²) in [5.41, 5.74) is 8.72. The molecule has 1 aromatic rings. The molecule has 1 aliphatic rings. The van der Waals surface area contributed by atoms with Gasteiger partial charge in [0, 0.05) is 23.2 Å². The van der Waals surface area contributed by atoms with Gasteiger partial charge in [0.25, 0.3) is 0 Å². The van der Waals surface area contributed by atoms with Gasteiger partial charge in [-0.1, -0.05) is 24.1 Å². The van der Waals surface area contributed by atoms with Crippen LogP contribution in [0.1, 0.15) is 42.9 Å². The fourth-order valence-corrected chi connectivity index (χ4v) is 2.75. The highest BCUT2D eigenvalue weighted by molar-refractivity contribution is 6.32. The highest BCUT2D eigenvalue weighted by atomic mass is 35.5. The highest BCUT2D eigenvalue weighted by Gasteiger charge is 2.21. The molecule has 6 heteroatoms. The molecule has 1 atom stereocenters. The first kappa shape index (κ1) is 15.8. The third-order valence-electron chi connectivity index (χ3n) is 3.62. The second kappa shape index (κ2) is 6.91. The SMILES string of the molecule is COC(=O)CCCCC(N)c1cc2c(cc1Cl)NC(=O)C2. The van der Waals surface area contributed by atoms with E-state index in [4.69, 9.17) is 17.3 Å². The number of hydrogen-bond donors (Lipinski definition) is 2. The molecule has 1 unspecified atom stereocenters. The van der Waals surface area contributed by atoms with Gasteiger partial charge < -0.3 is 15.8 Å². The van der Waals surface area contributed by atoms with Gasteiger partial charge in [0.15, 0.2) is 0 Å². The average Bonchev–Trinajstić information content (AvgIpc) is 2.81. The fraction of sp³-hybridized carbons (Fsp3) is 0.467. The molecule has 0 aromatic heterocycles. The van der Waals surface area contributed by atoms with Crippen LogP contribution < -0.4 is 11.1 Å². The number of carbonyl (C=O) groups excluding carboxylic acids is 2. The molecule has 5 nitrogen and oxygen atoms in total. The topological polar surface area (TPSA) is 81.4 Å². The number of ether oxygens (including phenoxy) is 1. The zero-order valence-corrected chi connectivity index (χ0v) is 12.7. The summed E-state index contributed by atoms with van der Waals surface area (Å²) >= 11 is 6.23. The van der Waals surface area contributed by atoms with Crippen molar-refractivity contribution in [3.63, 3.8) is 0 Å². The van der Waals surface area contributed by atoms with E-state index in [1.807, 2.05) is 6.07 Å². The van der Waals surface area contributed by atoms with Crippen LogP contribution >= 0.6 is 11.6 Å². The molecule has 0 saturated heterocycles. The number of nitrogens with one attached hydrogen (secondary N) is 1. The molecule has 1 heterocycles. The number of hydrogen-bond acceptors (Lipinski definition) is 4. The van der Waals surface area contributed by atoms with Crippen LogP contribution in [-0.2, 0) is 20.7 Å². The molecule has 1 aromatic carbocycles. The third kappa shape index (κ3) is 3.95. The molecule has 114 valence electrons. The molecule has 1 amide bonds. The third-order valence-corrected chi connectivity index (χ3v) is 3.95. The Morgan fingerprint density at radius 2 is 2.24 bits per heavy atom. The van der Waals surface area contributed by atoms with Crippen molar-refractivity contribution in [2.75, 3.05) is 12.4 Å². The lowest BCUT2D eigenvalue weighted by molar-refractivity contribution is -0.140. The number of amides is 1. The molecule has 0 saturated carbocycles. The molecule has 0 spiro atoms. The zero-order valence-electron chi connectivity index (χ0n) is 11.9. The Morgan fingerprint density at radius 3 is 2.95 bits per heavy atom. The predicted octanol–water partition coefficient (Wildman–Crippen LogP) is 2.57. The summed E-state index contributed by atoms with van der Waals surface area (Å²) < 4.78 is 4.59. The maximum absolute atomic E-state index is 11.4. The number of unbranched alkanes of at least 4 members (excludes halogenated alkanes) is 1. The van der Waals surface area contributed by atoms with Crippen LogP contribution in [0.3, 0.4) is 0 Å². The Kier molecular flexibility index (Phi) is 5.20.